The van der Waals surface area contributed by atoms with Crippen LogP contribution in [0.1, 0.15) is 74.9 Å². The van der Waals surface area contributed by atoms with E-state index < -0.39 is 6.09 Å². The van der Waals surface area contributed by atoms with Crippen molar-refractivity contribution in [2.45, 2.75) is 78.7 Å². The maximum absolute atomic E-state index is 12.3. The molecule has 4 rings (SSSR count). The zero-order chi connectivity index (χ0) is 21.3. The van der Waals surface area contributed by atoms with Gasteiger partial charge in [-0.05, 0) is 63.1 Å². The highest BCUT2D eigenvalue weighted by Crippen LogP contribution is 2.38. The van der Waals surface area contributed by atoms with E-state index in [-0.39, 0.29) is 11.5 Å². The second-order valence-electron chi connectivity index (χ2n) is 9.73. The smallest absolute Gasteiger partial charge is 0.318 e. The van der Waals surface area contributed by atoms with Crippen LogP contribution >= 0.6 is 0 Å². The van der Waals surface area contributed by atoms with E-state index in [1.165, 1.54) is 36.2 Å². The highest BCUT2D eigenvalue weighted by molar-refractivity contribution is 6.03. The molecule has 5 nitrogen and oxygen atoms in total. The zero-order valence-electron chi connectivity index (χ0n) is 18.6. The molecule has 0 spiro atoms. The quantitative estimate of drug-likeness (QED) is 0.514. The molecule has 1 heterocycles. The Morgan fingerprint density at radius 1 is 1.10 bits per heavy atom. The molecule has 0 unspecified atom stereocenters. The fourth-order valence-corrected chi connectivity index (χ4v) is 4.85. The maximum Gasteiger partial charge on any atom is 0.433 e. The Bertz CT molecular complexity index is 948. The predicted molar refractivity (Wildman–Crippen MR) is 120 cm³/mol. The minimum absolute atomic E-state index is 0.0439. The standard InChI is InChI=1S/C25H33N3O2/c1-17-10-12-20(13-11-17)28-18(2)14-21-22(15-25(3,4)16-23(21)28)27-30-24(29)26-19-8-6-5-7-9-19/h10-14,19H,5-9,15-16H2,1-4H3,(H,26,29)/b27-22+. The first-order valence-electron chi connectivity index (χ1n) is 11.2. The van der Waals surface area contributed by atoms with Crippen molar-refractivity contribution in [3.05, 3.63) is 52.8 Å². The van der Waals surface area contributed by atoms with Gasteiger partial charge in [-0.3, -0.25) is 4.84 Å². The van der Waals surface area contributed by atoms with Crippen LogP contribution in [0.25, 0.3) is 5.69 Å². The van der Waals surface area contributed by atoms with Crippen molar-refractivity contribution >= 4 is 11.8 Å². The molecule has 1 N–H and O–H groups in total. The SMILES string of the molecule is Cc1ccc(-n2c(C)cc3c2CC(C)(C)C/C3=N\OC(=O)NC2CCCCC2)cc1. The molecular weight excluding hydrogens is 374 g/mol. The van der Waals surface area contributed by atoms with Gasteiger partial charge >= 0.3 is 6.09 Å². The van der Waals surface area contributed by atoms with Gasteiger partial charge in [0.25, 0.3) is 0 Å². The van der Waals surface area contributed by atoms with Gasteiger partial charge in [-0.15, -0.1) is 0 Å². The van der Waals surface area contributed by atoms with Gasteiger partial charge in [0, 0.05) is 28.7 Å². The lowest BCUT2D eigenvalue weighted by Gasteiger charge is -2.31. The molecule has 1 fully saturated rings. The molecule has 160 valence electrons. The molecule has 1 aromatic heterocycles. The van der Waals surface area contributed by atoms with Crippen LogP contribution < -0.4 is 5.32 Å². The Labute approximate surface area is 179 Å². The summed E-state index contributed by atoms with van der Waals surface area (Å²) in [5.74, 6) is 0. The monoisotopic (exact) mass is 407 g/mol. The van der Waals surface area contributed by atoms with E-state index in [0.717, 1.165) is 42.6 Å². The summed E-state index contributed by atoms with van der Waals surface area (Å²) in [5, 5.41) is 7.32. The number of carbonyl (C=O) groups is 1. The normalized spacial score (nSPS) is 20.1. The number of benzene rings is 1. The topological polar surface area (TPSA) is 55.6 Å². The molecule has 0 aliphatic heterocycles. The van der Waals surface area contributed by atoms with Crippen molar-refractivity contribution in [2.75, 3.05) is 0 Å². The van der Waals surface area contributed by atoms with E-state index in [9.17, 15) is 4.79 Å². The van der Waals surface area contributed by atoms with Crippen LogP contribution in [0.4, 0.5) is 4.79 Å². The molecular formula is C25H33N3O2. The van der Waals surface area contributed by atoms with E-state index in [1.807, 2.05) is 0 Å². The third kappa shape index (κ3) is 4.45. The van der Waals surface area contributed by atoms with Crippen LogP contribution in [0.15, 0.2) is 35.5 Å². The first-order chi connectivity index (χ1) is 14.3. The van der Waals surface area contributed by atoms with Gasteiger partial charge in [0.1, 0.15) is 0 Å². The molecule has 1 saturated carbocycles. The third-order valence-corrected chi connectivity index (χ3v) is 6.35. The summed E-state index contributed by atoms with van der Waals surface area (Å²) in [6.07, 6.45) is 6.96. The highest BCUT2D eigenvalue weighted by atomic mass is 16.7. The number of oxime groups is 1. The van der Waals surface area contributed by atoms with E-state index in [4.69, 9.17) is 4.84 Å². The summed E-state index contributed by atoms with van der Waals surface area (Å²) < 4.78 is 2.31. The highest BCUT2D eigenvalue weighted by Gasteiger charge is 2.34. The summed E-state index contributed by atoms with van der Waals surface area (Å²) >= 11 is 0. The first kappa shape index (κ1) is 20.7. The van der Waals surface area contributed by atoms with Gasteiger partial charge in [0.05, 0.1) is 5.71 Å². The fourth-order valence-electron chi connectivity index (χ4n) is 4.85. The van der Waals surface area contributed by atoms with E-state index >= 15 is 0 Å². The van der Waals surface area contributed by atoms with Crippen molar-refractivity contribution in [3.63, 3.8) is 0 Å². The van der Waals surface area contributed by atoms with Crippen molar-refractivity contribution in [2.24, 2.45) is 10.6 Å². The lowest BCUT2D eigenvalue weighted by Crippen LogP contribution is -2.36. The van der Waals surface area contributed by atoms with E-state index in [2.05, 4.69) is 73.1 Å². The van der Waals surface area contributed by atoms with Crippen LogP contribution in [0.2, 0.25) is 0 Å². The second kappa shape index (κ2) is 8.29. The summed E-state index contributed by atoms with van der Waals surface area (Å²) in [6.45, 7) is 8.72. The minimum atomic E-state index is -0.436. The van der Waals surface area contributed by atoms with Gasteiger partial charge in [-0.2, -0.15) is 0 Å². The molecule has 2 aliphatic rings. The average Bonchev–Trinajstić information content (AvgIpc) is 3.02. The molecule has 0 bridgehead atoms. The Balaban J connectivity index is 1.60. The van der Waals surface area contributed by atoms with Crippen LogP contribution in [-0.2, 0) is 11.3 Å². The Morgan fingerprint density at radius 2 is 1.80 bits per heavy atom. The van der Waals surface area contributed by atoms with Gasteiger partial charge in [-0.25, -0.2) is 4.79 Å². The number of aromatic nitrogens is 1. The lowest BCUT2D eigenvalue weighted by molar-refractivity contribution is 0.142. The zero-order valence-corrected chi connectivity index (χ0v) is 18.6. The number of nitrogens with zero attached hydrogens (tertiary/aromatic N) is 2. The number of hydrogen-bond donors (Lipinski definition) is 1. The molecule has 0 saturated heterocycles. The summed E-state index contributed by atoms with van der Waals surface area (Å²) in [4.78, 5) is 17.6. The average molecular weight is 408 g/mol. The maximum atomic E-state index is 12.3. The molecule has 0 radical (unpaired) electrons. The third-order valence-electron chi connectivity index (χ3n) is 6.35. The fraction of sp³-hybridized carbons (Fsp3) is 0.520. The van der Waals surface area contributed by atoms with Crippen molar-refractivity contribution in [1.82, 2.24) is 9.88 Å². The van der Waals surface area contributed by atoms with Gasteiger partial charge in [-0.1, -0.05) is 56.0 Å². The Hall–Kier alpha value is -2.56. The van der Waals surface area contributed by atoms with Gasteiger partial charge in [0.2, 0.25) is 0 Å². The van der Waals surface area contributed by atoms with Crippen LogP contribution in [0.5, 0.6) is 0 Å². The van der Waals surface area contributed by atoms with Crippen LogP contribution in [-0.4, -0.2) is 22.4 Å². The van der Waals surface area contributed by atoms with Gasteiger partial charge < -0.3 is 9.88 Å². The van der Waals surface area contributed by atoms with Crippen LogP contribution in [0.3, 0.4) is 0 Å². The number of amides is 1. The molecule has 1 aromatic carbocycles. The Morgan fingerprint density at radius 3 is 2.50 bits per heavy atom. The molecule has 2 aliphatic carbocycles. The minimum Gasteiger partial charge on any atom is -0.318 e. The molecule has 1 amide bonds. The van der Waals surface area contributed by atoms with E-state index in [1.54, 1.807) is 0 Å². The Kier molecular flexibility index (Phi) is 5.72. The van der Waals surface area contributed by atoms with Crippen LogP contribution in [0, 0.1) is 19.3 Å². The lowest BCUT2D eigenvalue weighted by atomic mass is 9.76. The van der Waals surface area contributed by atoms with Crippen molar-refractivity contribution in [3.8, 4) is 5.69 Å². The van der Waals surface area contributed by atoms with Crippen molar-refractivity contribution < 1.29 is 9.63 Å². The number of fused-ring (bicyclic) bond motifs is 1. The first-order valence-corrected chi connectivity index (χ1v) is 11.2. The summed E-state index contributed by atoms with van der Waals surface area (Å²) in [7, 11) is 0. The second-order valence-corrected chi connectivity index (χ2v) is 9.73. The molecule has 30 heavy (non-hydrogen) atoms. The number of carbonyl (C=O) groups excluding carboxylic acids is 1. The number of aryl methyl sites for hydroxylation is 2. The summed E-state index contributed by atoms with van der Waals surface area (Å²) in [6, 6.07) is 11.0. The number of rotatable bonds is 3. The molecule has 5 heteroatoms. The predicted octanol–water partition coefficient (Wildman–Crippen LogP) is 5.83. The number of hydrogen-bond acceptors (Lipinski definition) is 3. The molecule has 0 atom stereocenters. The summed E-state index contributed by atoms with van der Waals surface area (Å²) in [5.41, 5.74) is 6.81. The van der Waals surface area contributed by atoms with E-state index in [0.29, 0.717) is 0 Å². The largest absolute Gasteiger partial charge is 0.433 e. The molecule has 2 aromatic rings. The van der Waals surface area contributed by atoms with Crippen molar-refractivity contribution in [1.29, 1.82) is 0 Å². The number of nitrogens with one attached hydrogen (secondary N) is 1. The van der Waals surface area contributed by atoms with Gasteiger partial charge in [0.15, 0.2) is 0 Å².